The molecule has 3 rings (SSSR count). The summed E-state index contributed by atoms with van der Waals surface area (Å²) < 4.78 is 34.2. The van der Waals surface area contributed by atoms with Crippen LogP contribution in [-0.2, 0) is 14.8 Å². The number of benzene rings is 2. The summed E-state index contributed by atoms with van der Waals surface area (Å²) in [6.45, 7) is 1.18. The van der Waals surface area contributed by atoms with Gasteiger partial charge in [-0.25, -0.2) is 0 Å². The van der Waals surface area contributed by atoms with Gasteiger partial charge in [-0.1, -0.05) is 11.6 Å². The van der Waals surface area contributed by atoms with Gasteiger partial charge in [-0.15, -0.1) is 4.40 Å². The first kappa shape index (κ1) is 22.9. The number of rotatable bonds is 8. The summed E-state index contributed by atoms with van der Waals surface area (Å²) in [5, 5.41) is 6.43. The average molecular weight is 465 g/mol. The summed E-state index contributed by atoms with van der Waals surface area (Å²) in [6, 6.07) is 11.2. The normalized spacial score (nSPS) is 15.2. The summed E-state index contributed by atoms with van der Waals surface area (Å²) in [5.41, 5.74) is 1.21. The number of anilines is 2. The molecule has 0 bridgehead atoms. The molecule has 10 heteroatoms. The van der Waals surface area contributed by atoms with E-state index in [0.717, 1.165) is 13.0 Å². The number of methoxy groups -OCH3 is 1. The Morgan fingerprint density at radius 1 is 1.23 bits per heavy atom. The van der Waals surface area contributed by atoms with E-state index in [-0.39, 0.29) is 17.2 Å². The fourth-order valence-corrected chi connectivity index (χ4v) is 4.43. The number of likely N-dealkylation sites (tertiary alicyclic amines) is 1. The van der Waals surface area contributed by atoms with E-state index in [0.29, 0.717) is 40.9 Å². The monoisotopic (exact) mass is 464 g/mol. The fourth-order valence-electron chi connectivity index (χ4n) is 3.16. The Hall–Kier alpha value is -2.78. The van der Waals surface area contributed by atoms with Gasteiger partial charge in [0.2, 0.25) is 5.91 Å². The number of sulfonamides is 1. The number of amidine groups is 1. The van der Waals surface area contributed by atoms with Crippen LogP contribution >= 0.6 is 11.6 Å². The molecule has 0 unspecified atom stereocenters. The highest BCUT2D eigenvalue weighted by Crippen LogP contribution is 2.27. The number of halogens is 1. The van der Waals surface area contributed by atoms with Crippen LogP contribution in [0.3, 0.4) is 0 Å². The maximum atomic E-state index is 12.5. The second-order valence-electron chi connectivity index (χ2n) is 7.10. The van der Waals surface area contributed by atoms with E-state index in [1.54, 1.807) is 37.4 Å². The second kappa shape index (κ2) is 10.0. The van der Waals surface area contributed by atoms with Gasteiger partial charge in [-0.3, -0.25) is 4.79 Å². The third-order valence-electron chi connectivity index (χ3n) is 4.83. The van der Waals surface area contributed by atoms with Crippen molar-refractivity contribution in [2.75, 3.05) is 37.9 Å². The Bertz CT molecular complexity index is 1070. The van der Waals surface area contributed by atoms with Gasteiger partial charge in [0.15, 0.2) is 0 Å². The molecule has 166 valence electrons. The summed E-state index contributed by atoms with van der Waals surface area (Å²) >= 11 is 5.99. The quantitative estimate of drug-likeness (QED) is 0.619. The van der Waals surface area contributed by atoms with Gasteiger partial charge in [0.25, 0.3) is 10.0 Å². The van der Waals surface area contributed by atoms with Crippen LogP contribution in [0.5, 0.6) is 5.75 Å². The van der Waals surface area contributed by atoms with Gasteiger partial charge in [-0.05, 0) is 48.9 Å². The predicted molar refractivity (Wildman–Crippen MR) is 123 cm³/mol. The Kier molecular flexibility index (Phi) is 7.40. The molecule has 31 heavy (non-hydrogen) atoms. The largest absolute Gasteiger partial charge is 0.495 e. The molecule has 1 aliphatic heterocycles. The van der Waals surface area contributed by atoms with Gasteiger partial charge in [0.05, 0.1) is 17.7 Å². The van der Waals surface area contributed by atoms with Crippen molar-refractivity contribution in [1.82, 2.24) is 4.90 Å². The summed E-state index contributed by atoms with van der Waals surface area (Å²) in [6.07, 6.45) is 1.75. The van der Waals surface area contributed by atoms with Crippen molar-refractivity contribution in [2.24, 2.45) is 4.40 Å². The smallest absolute Gasteiger partial charge is 0.283 e. The van der Waals surface area contributed by atoms with Crippen molar-refractivity contribution >= 4 is 44.7 Å². The molecular weight excluding hydrogens is 440 g/mol. The lowest BCUT2D eigenvalue weighted by Gasteiger charge is -2.12. The number of hydrogen-bond acceptors (Lipinski definition) is 5. The number of ether oxygens (including phenoxy) is 1. The fraction of sp³-hybridized carbons (Fsp3) is 0.333. The number of carbonyl (C=O) groups is 1. The zero-order chi connectivity index (χ0) is 22.4. The highest BCUT2D eigenvalue weighted by molar-refractivity contribution is 7.90. The Balaban J connectivity index is 1.55. The lowest BCUT2D eigenvalue weighted by Crippen LogP contribution is -2.20. The lowest BCUT2D eigenvalue weighted by molar-refractivity contribution is -0.115. The summed E-state index contributed by atoms with van der Waals surface area (Å²) in [7, 11) is -0.387. The van der Waals surface area contributed by atoms with E-state index in [1.807, 2.05) is 11.9 Å². The molecule has 2 aromatic carbocycles. The van der Waals surface area contributed by atoms with E-state index in [4.69, 9.17) is 16.3 Å². The lowest BCUT2D eigenvalue weighted by atomic mass is 10.2. The minimum atomic E-state index is -3.78. The van der Waals surface area contributed by atoms with Gasteiger partial charge in [0, 0.05) is 43.7 Å². The Morgan fingerprint density at radius 3 is 2.61 bits per heavy atom. The zero-order valence-corrected chi connectivity index (χ0v) is 19.0. The third-order valence-corrected chi connectivity index (χ3v) is 6.38. The van der Waals surface area contributed by atoms with Crippen LogP contribution in [0.15, 0.2) is 51.8 Å². The van der Waals surface area contributed by atoms with Crippen molar-refractivity contribution in [3.05, 3.63) is 47.5 Å². The first-order chi connectivity index (χ1) is 14.8. The van der Waals surface area contributed by atoms with Crippen LogP contribution in [0.4, 0.5) is 11.4 Å². The number of hydrogen-bond donors (Lipinski definition) is 2. The van der Waals surface area contributed by atoms with Crippen LogP contribution in [-0.4, -0.2) is 52.3 Å². The minimum Gasteiger partial charge on any atom is -0.495 e. The summed E-state index contributed by atoms with van der Waals surface area (Å²) in [4.78, 5) is 14.2. The minimum absolute atomic E-state index is 0.0908. The highest BCUT2D eigenvalue weighted by atomic mass is 35.5. The molecule has 2 N–H and O–H groups in total. The van der Waals surface area contributed by atoms with Crippen molar-refractivity contribution in [2.45, 2.75) is 24.2 Å². The van der Waals surface area contributed by atoms with Crippen LogP contribution in [0.2, 0.25) is 5.02 Å². The van der Waals surface area contributed by atoms with E-state index < -0.39 is 10.0 Å². The van der Waals surface area contributed by atoms with Gasteiger partial charge in [0.1, 0.15) is 11.6 Å². The van der Waals surface area contributed by atoms with Crippen LogP contribution < -0.4 is 15.4 Å². The standard InChI is InChI=1S/C21H25ClN4O4S/c1-26-13-3-4-20(26)25-31(28,29)17-8-6-16(7-9-17)24-21(27)11-12-23-18-14-15(22)5-10-19(18)30-2/h5-10,14,23H,3-4,11-13H2,1-2H3,(H,24,27)/b25-20-. The molecule has 1 saturated heterocycles. The molecule has 1 heterocycles. The zero-order valence-electron chi connectivity index (χ0n) is 17.4. The molecule has 2 aromatic rings. The van der Waals surface area contributed by atoms with Crippen LogP contribution in [0.1, 0.15) is 19.3 Å². The van der Waals surface area contributed by atoms with Gasteiger partial charge < -0.3 is 20.3 Å². The molecule has 0 aromatic heterocycles. The molecule has 0 radical (unpaired) electrons. The van der Waals surface area contributed by atoms with E-state index in [2.05, 4.69) is 15.0 Å². The van der Waals surface area contributed by atoms with E-state index in [9.17, 15) is 13.2 Å². The molecule has 0 atom stereocenters. The topological polar surface area (TPSA) is 100 Å². The second-order valence-corrected chi connectivity index (χ2v) is 9.14. The van der Waals surface area contributed by atoms with E-state index >= 15 is 0 Å². The first-order valence-corrected chi connectivity index (χ1v) is 11.6. The van der Waals surface area contributed by atoms with Crippen LogP contribution in [0.25, 0.3) is 0 Å². The molecule has 0 saturated carbocycles. The molecule has 1 fully saturated rings. The van der Waals surface area contributed by atoms with Crippen molar-refractivity contribution < 1.29 is 17.9 Å². The average Bonchev–Trinajstić information content (AvgIpc) is 3.12. The number of nitrogens with one attached hydrogen (secondary N) is 2. The number of nitrogens with zero attached hydrogens (tertiary/aromatic N) is 2. The first-order valence-electron chi connectivity index (χ1n) is 9.81. The number of amides is 1. The summed E-state index contributed by atoms with van der Waals surface area (Å²) in [5.74, 6) is 0.993. The van der Waals surface area contributed by atoms with Crippen molar-refractivity contribution in [1.29, 1.82) is 0 Å². The molecule has 0 aliphatic carbocycles. The maximum Gasteiger partial charge on any atom is 0.283 e. The maximum absolute atomic E-state index is 12.5. The molecule has 0 spiro atoms. The number of carbonyl (C=O) groups excluding carboxylic acids is 1. The molecule has 1 amide bonds. The van der Waals surface area contributed by atoms with Crippen LogP contribution in [0, 0.1) is 0 Å². The van der Waals surface area contributed by atoms with Gasteiger partial charge in [-0.2, -0.15) is 8.42 Å². The van der Waals surface area contributed by atoms with Crippen molar-refractivity contribution in [3.8, 4) is 5.75 Å². The Labute approximate surface area is 187 Å². The van der Waals surface area contributed by atoms with Crippen molar-refractivity contribution in [3.63, 3.8) is 0 Å². The molecule has 8 nitrogen and oxygen atoms in total. The molecule has 1 aliphatic rings. The SMILES string of the molecule is COc1ccc(Cl)cc1NCCC(=O)Nc1ccc(S(=O)(=O)/N=C2/CCCN2C)cc1. The van der Waals surface area contributed by atoms with Gasteiger partial charge >= 0.3 is 0 Å². The molecular formula is C21H25ClN4O4S. The predicted octanol–water partition coefficient (Wildman–Crippen LogP) is 3.60. The third kappa shape index (κ3) is 6.11. The highest BCUT2D eigenvalue weighted by Gasteiger charge is 2.20. The van der Waals surface area contributed by atoms with E-state index in [1.165, 1.54) is 12.1 Å². The Morgan fingerprint density at radius 2 is 1.97 bits per heavy atom.